The zero-order valence-corrected chi connectivity index (χ0v) is 17.8. The molecule has 0 saturated heterocycles. The number of hydrogen-bond acceptors (Lipinski definition) is 5. The van der Waals surface area contributed by atoms with Crippen LogP contribution in [0.1, 0.15) is 34.0 Å². The Kier molecular flexibility index (Phi) is 7.22. The van der Waals surface area contributed by atoms with Crippen LogP contribution < -0.4 is 20.5 Å². The highest BCUT2D eigenvalue weighted by Gasteiger charge is 2.12. The third-order valence-electron chi connectivity index (χ3n) is 4.62. The number of aryl methyl sites for hydroxylation is 1. The van der Waals surface area contributed by atoms with Gasteiger partial charge in [-0.25, -0.2) is 5.43 Å². The van der Waals surface area contributed by atoms with Gasteiger partial charge < -0.3 is 14.0 Å². The molecule has 0 aliphatic carbocycles. The Labute approximate surface area is 180 Å². The van der Waals surface area contributed by atoms with Crippen molar-refractivity contribution >= 4 is 12.1 Å². The lowest BCUT2D eigenvalue weighted by Gasteiger charge is -2.11. The van der Waals surface area contributed by atoms with Crippen LogP contribution in [-0.4, -0.2) is 30.4 Å². The number of carbonyl (C=O) groups is 1. The summed E-state index contributed by atoms with van der Waals surface area (Å²) in [5.74, 6) is 0.518. The number of pyridine rings is 1. The van der Waals surface area contributed by atoms with Crippen molar-refractivity contribution in [3.05, 3.63) is 93.4 Å². The van der Waals surface area contributed by atoms with Crippen LogP contribution in [0.25, 0.3) is 0 Å². The summed E-state index contributed by atoms with van der Waals surface area (Å²) in [6.45, 7) is 4.76. The molecule has 1 N–H and O–H groups in total. The fraction of sp³-hybridized carbons (Fsp3) is 0.208. The largest absolute Gasteiger partial charge is 0.492 e. The molecule has 2 aromatic carbocycles. The van der Waals surface area contributed by atoms with Gasteiger partial charge in [0.2, 0.25) is 0 Å². The van der Waals surface area contributed by atoms with E-state index in [0.29, 0.717) is 30.2 Å². The zero-order chi connectivity index (χ0) is 22.2. The van der Waals surface area contributed by atoms with E-state index in [9.17, 15) is 9.59 Å². The SMILES string of the molecule is CCOc1cccc(/C=N\NC(=O)c2cccn(Cc3ccc(C)cc3)c2=O)c1OC. The number of ether oxygens (including phenoxy) is 2. The topological polar surface area (TPSA) is 81.9 Å². The van der Waals surface area contributed by atoms with Gasteiger partial charge in [0.05, 0.1) is 26.5 Å². The summed E-state index contributed by atoms with van der Waals surface area (Å²) >= 11 is 0. The van der Waals surface area contributed by atoms with Crippen LogP contribution >= 0.6 is 0 Å². The minimum absolute atomic E-state index is 0.0155. The molecule has 31 heavy (non-hydrogen) atoms. The summed E-state index contributed by atoms with van der Waals surface area (Å²) in [5, 5.41) is 3.98. The Morgan fingerprint density at radius 1 is 1.13 bits per heavy atom. The Morgan fingerprint density at radius 3 is 2.61 bits per heavy atom. The summed E-state index contributed by atoms with van der Waals surface area (Å²) in [5.41, 5.74) is 4.80. The summed E-state index contributed by atoms with van der Waals surface area (Å²) in [6.07, 6.45) is 3.11. The second kappa shape index (κ2) is 10.2. The van der Waals surface area contributed by atoms with Crippen LogP contribution in [0.3, 0.4) is 0 Å². The van der Waals surface area contributed by atoms with E-state index in [2.05, 4.69) is 10.5 Å². The number of rotatable bonds is 8. The number of hydrogen-bond donors (Lipinski definition) is 1. The normalized spacial score (nSPS) is 10.8. The second-order valence-electron chi connectivity index (χ2n) is 6.85. The second-order valence-corrected chi connectivity index (χ2v) is 6.85. The predicted molar refractivity (Wildman–Crippen MR) is 120 cm³/mol. The number of amides is 1. The van der Waals surface area contributed by atoms with Crippen LogP contribution in [0.2, 0.25) is 0 Å². The molecule has 3 rings (SSSR count). The lowest BCUT2D eigenvalue weighted by Crippen LogP contribution is -2.30. The van der Waals surface area contributed by atoms with Crippen molar-refractivity contribution in [3.63, 3.8) is 0 Å². The van der Waals surface area contributed by atoms with Gasteiger partial charge in [0.25, 0.3) is 11.5 Å². The highest BCUT2D eigenvalue weighted by atomic mass is 16.5. The summed E-state index contributed by atoms with van der Waals surface area (Å²) in [6, 6.07) is 16.4. The lowest BCUT2D eigenvalue weighted by atomic mass is 10.1. The van der Waals surface area contributed by atoms with Crippen molar-refractivity contribution in [1.82, 2.24) is 9.99 Å². The van der Waals surface area contributed by atoms with Crippen molar-refractivity contribution < 1.29 is 14.3 Å². The van der Waals surface area contributed by atoms with Gasteiger partial charge in [-0.2, -0.15) is 5.10 Å². The maximum Gasteiger partial charge on any atom is 0.276 e. The molecule has 1 aromatic heterocycles. The van der Waals surface area contributed by atoms with Gasteiger partial charge in [0.15, 0.2) is 11.5 Å². The fourth-order valence-corrected chi connectivity index (χ4v) is 3.07. The Morgan fingerprint density at radius 2 is 1.90 bits per heavy atom. The van der Waals surface area contributed by atoms with E-state index in [1.165, 1.54) is 24.0 Å². The number of methoxy groups -OCH3 is 1. The molecule has 0 aliphatic rings. The zero-order valence-electron chi connectivity index (χ0n) is 17.8. The maximum atomic E-state index is 12.7. The maximum absolute atomic E-state index is 12.7. The van der Waals surface area contributed by atoms with Crippen molar-refractivity contribution in [2.24, 2.45) is 5.10 Å². The minimum atomic E-state index is -0.584. The van der Waals surface area contributed by atoms with Crippen molar-refractivity contribution in [3.8, 4) is 11.5 Å². The Bertz CT molecular complexity index is 1130. The van der Waals surface area contributed by atoms with Gasteiger partial charge in [0, 0.05) is 11.8 Å². The molecule has 0 bridgehead atoms. The standard InChI is InChI=1S/C24H25N3O4/c1-4-31-21-9-5-7-19(22(21)30-3)15-25-26-23(28)20-8-6-14-27(24(20)29)16-18-12-10-17(2)11-13-18/h5-15H,4,16H2,1-3H3,(H,26,28)/b25-15-. The van der Waals surface area contributed by atoms with E-state index in [1.54, 1.807) is 30.5 Å². The van der Waals surface area contributed by atoms with Crippen LogP contribution in [0.15, 0.2) is 70.7 Å². The van der Waals surface area contributed by atoms with Crippen molar-refractivity contribution in [1.29, 1.82) is 0 Å². The molecule has 7 heteroatoms. The number of para-hydroxylation sites is 1. The lowest BCUT2D eigenvalue weighted by molar-refractivity contribution is 0.0953. The molecule has 0 spiro atoms. The average Bonchev–Trinajstić information content (AvgIpc) is 2.77. The molecule has 0 fully saturated rings. The summed E-state index contributed by atoms with van der Waals surface area (Å²) in [4.78, 5) is 25.3. The first-order valence-corrected chi connectivity index (χ1v) is 9.91. The molecule has 160 valence electrons. The monoisotopic (exact) mass is 419 g/mol. The third-order valence-corrected chi connectivity index (χ3v) is 4.62. The number of carbonyl (C=O) groups excluding carboxylic acids is 1. The molecule has 0 aliphatic heterocycles. The molecule has 0 unspecified atom stereocenters. The van der Waals surface area contributed by atoms with Crippen molar-refractivity contribution in [2.75, 3.05) is 13.7 Å². The smallest absolute Gasteiger partial charge is 0.276 e. The molecule has 0 saturated carbocycles. The first-order valence-electron chi connectivity index (χ1n) is 9.91. The molecular weight excluding hydrogens is 394 g/mol. The summed E-state index contributed by atoms with van der Waals surface area (Å²) < 4.78 is 12.4. The average molecular weight is 419 g/mol. The van der Waals surface area contributed by atoms with E-state index in [1.807, 2.05) is 38.1 Å². The Hall–Kier alpha value is -3.87. The van der Waals surface area contributed by atoms with Gasteiger partial charge in [-0.3, -0.25) is 9.59 Å². The highest BCUT2D eigenvalue weighted by molar-refractivity contribution is 5.94. The van der Waals surface area contributed by atoms with Gasteiger partial charge in [-0.1, -0.05) is 35.9 Å². The third kappa shape index (κ3) is 5.39. The fourth-order valence-electron chi connectivity index (χ4n) is 3.07. The van der Waals surface area contributed by atoms with E-state index in [4.69, 9.17) is 9.47 Å². The molecule has 0 radical (unpaired) electrons. The first kappa shape index (κ1) is 21.8. The van der Waals surface area contributed by atoms with E-state index < -0.39 is 5.91 Å². The predicted octanol–water partition coefficient (Wildman–Crippen LogP) is 3.38. The molecule has 7 nitrogen and oxygen atoms in total. The number of nitrogens with one attached hydrogen (secondary N) is 1. The van der Waals surface area contributed by atoms with Crippen LogP contribution in [0.5, 0.6) is 11.5 Å². The number of nitrogens with zero attached hydrogens (tertiary/aromatic N) is 2. The molecule has 1 heterocycles. The van der Waals surface area contributed by atoms with E-state index in [-0.39, 0.29) is 11.1 Å². The van der Waals surface area contributed by atoms with Gasteiger partial charge in [-0.05, 0) is 43.7 Å². The van der Waals surface area contributed by atoms with Gasteiger partial charge in [0.1, 0.15) is 5.56 Å². The van der Waals surface area contributed by atoms with E-state index >= 15 is 0 Å². The van der Waals surface area contributed by atoms with Gasteiger partial charge in [-0.15, -0.1) is 0 Å². The minimum Gasteiger partial charge on any atom is -0.492 e. The van der Waals surface area contributed by atoms with Crippen LogP contribution in [0.4, 0.5) is 0 Å². The van der Waals surface area contributed by atoms with Crippen molar-refractivity contribution in [2.45, 2.75) is 20.4 Å². The van der Waals surface area contributed by atoms with Crippen LogP contribution in [0, 0.1) is 6.92 Å². The number of hydrazone groups is 1. The summed E-state index contributed by atoms with van der Waals surface area (Å²) in [7, 11) is 1.54. The van der Waals surface area contributed by atoms with E-state index in [0.717, 1.165) is 11.1 Å². The number of benzene rings is 2. The quantitative estimate of drug-likeness (QED) is 0.448. The molecule has 0 atom stereocenters. The molecular formula is C24H25N3O4. The first-order chi connectivity index (χ1) is 15.0. The highest BCUT2D eigenvalue weighted by Crippen LogP contribution is 2.29. The molecule has 1 amide bonds. The van der Waals surface area contributed by atoms with Gasteiger partial charge >= 0.3 is 0 Å². The molecule has 3 aromatic rings. The Balaban J connectivity index is 1.75. The van der Waals surface area contributed by atoms with Crippen LogP contribution in [-0.2, 0) is 6.54 Å². The number of aromatic nitrogens is 1.